The molecule has 9 nitrogen and oxygen atoms in total. The predicted octanol–water partition coefficient (Wildman–Crippen LogP) is 27.8. The third-order valence-electron chi connectivity index (χ3n) is 19.7. The van der Waals surface area contributed by atoms with Gasteiger partial charge in [0.15, 0.2) is 0 Å². The molecule has 21 rings (SSSR count). The molecule has 0 atom stereocenters. The maximum absolute atomic E-state index is 8.19. The third kappa shape index (κ3) is 13.6. The minimum absolute atomic E-state index is 0.451. The van der Waals surface area contributed by atoms with Gasteiger partial charge < -0.3 is 29.9 Å². The number of hydrogen-bond acceptors (Lipinski definition) is 15. The summed E-state index contributed by atoms with van der Waals surface area (Å²) in [5.41, 5.74) is 5.13. The zero-order chi connectivity index (χ0) is 76.0. The number of benzene rings is 16. The summed E-state index contributed by atoms with van der Waals surface area (Å²) < 4.78 is 8.19. The average molecular weight is 1650 g/mol. The van der Waals surface area contributed by atoms with Crippen molar-refractivity contribution in [1.82, 2.24) is 39.9 Å². The van der Waals surface area contributed by atoms with Crippen LogP contribution in [-0.2, 0) is 21.0 Å². The first-order chi connectivity index (χ1) is 56.5. The molecule has 0 spiro atoms. The smallest absolute Gasteiger partial charge is 0.0939 e. The Labute approximate surface area is 699 Å². The van der Waals surface area contributed by atoms with Gasteiger partial charge in [0.25, 0.3) is 0 Å². The molecule has 0 saturated heterocycles. The van der Waals surface area contributed by atoms with Crippen LogP contribution in [0.3, 0.4) is 0 Å². The Hall–Kier alpha value is -10.9. The van der Waals surface area contributed by atoms with Gasteiger partial charge in [-0.15, -0.1) is 0 Å². The maximum Gasteiger partial charge on any atom is 0.0939 e. The number of fused-ring (bicyclic) bond motifs is 24. The molecule has 19 aromatic rings. The monoisotopic (exact) mass is 1640 g/mol. The van der Waals surface area contributed by atoms with Gasteiger partial charge in [-0.1, -0.05) is 337 Å². The van der Waals surface area contributed by atoms with Gasteiger partial charge >= 0.3 is 21.0 Å². The van der Waals surface area contributed by atoms with Crippen LogP contribution in [0.5, 0.6) is 0 Å². The quantitative estimate of drug-likeness (QED) is 0.0911. The van der Waals surface area contributed by atoms with Gasteiger partial charge in [-0.25, -0.2) is 9.97 Å². The van der Waals surface area contributed by atoms with E-state index in [0.29, 0.717) is 45.9 Å². The van der Waals surface area contributed by atoms with Gasteiger partial charge in [0, 0.05) is 145 Å². The summed E-state index contributed by atoms with van der Waals surface area (Å²) in [7, 11) is 0. The Bertz CT molecular complexity index is 6300. The van der Waals surface area contributed by atoms with Gasteiger partial charge in [-0.3, -0.25) is 0 Å². The average Bonchev–Trinajstić information content (AvgIpc) is 1.55. The summed E-state index contributed by atoms with van der Waals surface area (Å²) in [6.07, 6.45) is 0. The first kappa shape index (κ1) is 72.1. The SMILES string of the molecule is [O]=[V+2].c1ccc(Sc2c3c(c(Sc4ccccc4)c4ccccc24)-c2nc-3nc3[n-]c(nc4nc(nc5[n-]c(n2)c2c(Sc6ccccc6)c6ccccc6c(Sc6ccccc6)c52)-c2c-4c(Sc4ccccc4)c4ccccc4c2Sc2ccccc2)c2c(Sc4ccccc4)c4ccccc4c(Sc4ccccc4)c32)cc1. The van der Waals surface area contributed by atoms with Gasteiger partial charge in [0.2, 0.25) is 0 Å². The Balaban J connectivity index is 0.00000418. The standard InChI is InChI=1S/C96H56N8S8.O.V/c1-9-33-57(34-10-1)105-81-65-49-25-26-50-66(65)82(106-58-35-11-2-12-36-58)74-73(81)89-97-90(74)102-92-77-78(86(110-62-43-19-6-20-44-62)70-54-30-29-53-69(70)85(77)109-61-41-17-5-18-42-61)94(99-92)104-96-80-79(87(111-63-45-21-7-22-46-63)71-55-31-32-56-72(71)88(80)112-64-47-23-8-24-48-64)95(100-96)103-93-76-75(91(98-93)101-89)83(107-59-37-13-3-14-38-59)67-51-27-28-52-68(67)84(76)108-60-39-15-4-16-40-60;;/h1-56H;;/q-2;;+2. The molecule has 0 unspecified atom stereocenters. The van der Waals surface area contributed by atoms with Crippen LogP contribution in [-0.4, -0.2) is 29.9 Å². The Morgan fingerprint density at radius 2 is 0.316 bits per heavy atom. The van der Waals surface area contributed by atoms with Crippen molar-refractivity contribution in [3.05, 3.63) is 340 Å². The molecule has 2 aliphatic heterocycles. The number of hydrogen-bond donors (Lipinski definition) is 0. The summed E-state index contributed by atoms with van der Waals surface area (Å²) in [5, 5.41) is 11.7. The van der Waals surface area contributed by atoms with E-state index in [-0.39, 0.29) is 0 Å². The van der Waals surface area contributed by atoms with Gasteiger partial charge in [0.05, 0.1) is 23.3 Å². The minimum Gasteiger partial charge on any atom is -0.357 e. The summed E-state index contributed by atoms with van der Waals surface area (Å²) in [6, 6.07) is 120. The molecule has 0 N–H and O–H groups in total. The second kappa shape index (κ2) is 31.8. The van der Waals surface area contributed by atoms with Crippen molar-refractivity contribution in [2.75, 3.05) is 0 Å². The predicted molar refractivity (Wildman–Crippen MR) is 469 cm³/mol. The molecule has 0 fully saturated rings. The van der Waals surface area contributed by atoms with Crippen LogP contribution in [0.25, 0.3) is 133 Å². The number of rotatable bonds is 16. The first-order valence-electron chi connectivity index (χ1n) is 36.6. The van der Waals surface area contributed by atoms with Crippen molar-refractivity contribution in [2.45, 2.75) is 78.3 Å². The zero-order valence-electron chi connectivity index (χ0n) is 60.0. The Kier molecular flexibility index (Phi) is 20.1. The summed E-state index contributed by atoms with van der Waals surface area (Å²) in [5.74, 6) is 1.80. The maximum atomic E-state index is 8.19. The van der Waals surface area contributed by atoms with Crippen molar-refractivity contribution in [2.24, 2.45) is 0 Å². The molecule has 539 valence electrons. The fraction of sp³-hybridized carbons (Fsp3) is 0. The van der Waals surface area contributed by atoms with Crippen molar-refractivity contribution in [3.8, 4) is 45.6 Å². The van der Waals surface area contributed by atoms with E-state index in [0.717, 1.165) is 183 Å². The second-order valence-electron chi connectivity index (χ2n) is 26.6. The molecule has 0 aliphatic carbocycles. The Morgan fingerprint density at radius 1 is 0.175 bits per heavy atom. The molecule has 114 heavy (non-hydrogen) atoms. The van der Waals surface area contributed by atoms with Crippen molar-refractivity contribution >= 4 is 181 Å². The fourth-order valence-corrected chi connectivity index (χ4v) is 23.7. The van der Waals surface area contributed by atoms with Crippen LogP contribution in [0.4, 0.5) is 0 Å². The summed E-state index contributed by atoms with van der Waals surface area (Å²) >= 11 is 14.7. The number of aromatic nitrogens is 8. The van der Waals surface area contributed by atoms with E-state index < -0.39 is 0 Å². The molecule has 0 amide bonds. The molecule has 18 heteroatoms. The van der Waals surface area contributed by atoms with Crippen LogP contribution in [0.1, 0.15) is 0 Å². The van der Waals surface area contributed by atoms with E-state index in [1.807, 2.05) is 0 Å². The molecule has 16 aromatic carbocycles. The summed E-state index contributed by atoms with van der Waals surface area (Å²) in [6.45, 7) is 0. The van der Waals surface area contributed by atoms with E-state index in [1.54, 1.807) is 94.1 Å². The van der Waals surface area contributed by atoms with E-state index in [1.165, 1.54) is 0 Å². The van der Waals surface area contributed by atoms with E-state index in [9.17, 15) is 0 Å². The van der Waals surface area contributed by atoms with Crippen LogP contribution >= 0.6 is 94.1 Å². The number of nitrogens with zero attached hydrogens (tertiary/aromatic N) is 8. The van der Waals surface area contributed by atoms with Gasteiger partial charge in [0.1, 0.15) is 0 Å². The Morgan fingerprint density at radius 3 is 0.482 bits per heavy atom. The van der Waals surface area contributed by atoms with E-state index in [4.69, 9.17) is 43.5 Å². The molecule has 8 bridgehead atoms. The molecule has 5 heterocycles. The van der Waals surface area contributed by atoms with Crippen molar-refractivity contribution < 1.29 is 21.0 Å². The molecular formula is C96H56N8OS8V. The van der Waals surface area contributed by atoms with Crippen molar-refractivity contribution in [3.63, 3.8) is 0 Å². The molecule has 0 radical (unpaired) electrons. The minimum atomic E-state index is 0.451. The van der Waals surface area contributed by atoms with Crippen molar-refractivity contribution in [1.29, 1.82) is 0 Å². The van der Waals surface area contributed by atoms with Crippen LogP contribution in [0, 0.1) is 0 Å². The van der Waals surface area contributed by atoms with E-state index >= 15 is 0 Å². The topological polar surface area (TPSA) is 123 Å². The molecule has 3 aromatic heterocycles. The second-order valence-corrected chi connectivity index (χ2v) is 35.3. The first-order valence-corrected chi connectivity index (χ1v) is 43.7. The van der Waals surface area contributed by atoms with Crippen LogP contribution in [0.2, 0.25) is 0 Å². The van der Waals surface area contributed by atoms with Gasteiger partial charge in [-0.2, -0.15) is 0 Å². The molecule has 0 saturated carbocycles. The van der Waals surface area contributed by atoms with Crippen LogP contribution in [0.15, 0.2) is 418 Å². The molecule has 2 aliphatic rings. The van der Waals surface area contributed by atoms with Gasteiger partial charge in [-0.05, 0) is 140 Å². The van der Waals surface area contributed by atoms with E-state index in [2.05, 4.69) is 340 Å². The largest absolute Gasteiger partial charge is 0.357 e. The normalized spacial score (nSPS) is 11.7. The molecular weight excluding hydrogens is 1590 g/mol. The summed E-state index contributed by atoms with van der Waals surface area (Å²) in [4.78, 5) is 64.9. The fourth-order valence-electron chi connectivity index (χ4n) is 14.8. The zero-order valence-corrected chi connectivity index (χ0v) is 68.0. The van der Waals surface area contributed by atoms with Crippen LogP contribution < -0.4 is 9.97 Å². The third-order valence-corrected chi connectivity index (χ3v) is 28.8.